The summed E-state index contributed by atoms with van der Waals surface area (Å²) in [6, 6.07) is 13.1. The number of primary amides is 1. The van der Waals surface area contributed by atoms with Crippen LogP contribution in [0.15, 0.2) is 48.5 Å². The van der Waals surface area contributed by atoms with Gasteiger partial charge < -0.3 is 11.1 Å². The van der Waals surface area contributed by atoms with Crippen molar-refractivity contribution >= 4 is 11.8 Å². The van der Waals surface area contributed by atoms with Gasteiger partial charge in [-0.3, -0.25) is 14.5 Å². The molecule has 2 aromatic carbocycles. The highest BCUT2D eigenvalue weighted by Crippen LogP contribution is 2.23. The maximum atomic E-state index is 13.0. The van der Waals surface area contributed by atoms with Crippen LogP contribution in [0.4, 0.5) is 4.39 Å². The van der Waals surface area contributed by atoms with Crippen molar-refractivity contribution in [1.29, 1.82) is 0 Å². The van der Waals surface area contributed by atoms with Crippen LogP contribution in [0.1, 0.15) is 29.7 Å². The Balaban J connectivity index is 1.67. The lowest BCUT2D eigenvalue weighted by Gasteiger charge is -2.34. The summed E-state index contributed by atoms with van der Waals surface area (Å²) in [7, 11) is 0. The van der Waals surface area contributed by atoms with Crippen molar-refractivity contribution in [3.63, 3.8) is 0 Å². The first kappa shape index (κ1) is 18.1. The second-order valence-corrected chi connectivity index (χ2v) is 6.64. The molecule has 0 saturated carbocycles. The summed E-state index contributed by atoms with van der Waals surface area (Å²) in [5.74, 6) is -0.949. The monoisotopic (exact) mass is 355 g/mol. The third kappa shape index (κ3) is 4.08. The van der Waals surface area contributed by atoms with Crippen LogP contribution < -0.4 is 11.1 Å². The number of hydrogen-bond donors (Lipinski definition) is 2. The first-order valence-electron chi connectivity index (χ1n) is 8.59. The number of benzene rings is 2. The predicted molar refractivity (Wildman–Crippen MR) is 96.5 cm³/mol. The van der Waals surface area contributed by atoms with Crippen molar-refractivity contribution in [3.05, 3.63) is 71.0 Å². The molecule has 0 fully saturated rings. The van der Waals surface area contributed by atoms with Crippen molar-refractivity contribution in [1.82, 2.24) is 10.2 Å². The molecule has 1 aliphatic rings. The van der Waals surface area contributed by atoms with E-state index >= 15 is 0 Å². The van der Waals surface area contributed by atoms with Crippen molar-refractivity contribution in [2.75, 3.05) is 6.54 Å². The SMILES string of the molecule is C[C@@H](NC(=O)CN1Cc2ccccc2C[C@@H]1C(N)=O)c1ccc(F)cc1. The maximum Gasteiger partial charge on any atom is 0.235 e. The van der Waals surface area contributed by atoms with Crippen LogP contribution in [-0.2, 0) is 22.6 Å². The minimum Gasteiger partial charge on any atom is -0.368 e. The lowest BCUT2D eigenvalue weighted by Crippen LogP contribution is -2.51. The Morgan fingerprint density at radius 1 is 1.19 bits per heavy atom. The van der Waals surface area contributed by atoms with Crippen molar-refractivity contribution in [3.8, 4) is 0 Å². The molecule has 0 aromatic heterocycles. The number of nitrogens with zero attached hydrogens (tertiary/aromatic N) is 1. The molecule has 0 unspecified atom stereocenters. The Hall–Kier alpha value is -2.73. The van der Waals surface area contributed by atoms with E-state index < -0.39 is 11.9 Å². The standard InChI is InChI=1S/C20H22FN3O2/c1-13(14-6-8-17(21)9-7-14)23-19(25)12-24-11-16-5-3-2-4-15(16)10-18(24)20(22)26/h2-9,13,18H,10-12H2,1H3,(H2,22,26)(H,23,25)/t13-,18-/m1/s1. The Morgan fingerprint density at radius 2 is 1.85 bits per heavy atom. The highest BCUT2D eigenvalue weighted by Gasteiger charge is 2.31. The number of carbonyl (C=O) groups excluding carboxylic acids is 2. The fraction of sp³-hybridized carbons (Fsp3) is 0.300. The molecule has 2 atom stereocenters. The van der Waals surface area contributed by atoms with E-state index in [0.717, 1.165) is 16.7 Å². The van der Waals surface area contributed by atoms with Crippen molar-refractivity contribution in [2.45, 2.75) is 32.0 Å². The van der Waals surface area contributed by atoms with Crippen LogP contribution in [-0.4, -0.2) is 29.3 Å². The van der Waals surface area contributed by atoms with Gasteiger partial charge in [-0.25, -0.2) is 4.39 Å². The molecular weight excluding hydrogens is 333 g/mol. The van der Waals surface area contributed by atoms with Crippen molar-refractivity contribution < 1.29 is 14.0 Å². The van der Waals surface area contributed by atoms with E-state index in [4.69, 9.17) is 5.73 Å². The maximum absolute atomic E-state index is 13.0. The second-order valence-electron chi connectivity index (χ2n) is 6.64. The smallest absolute Gasteiger partial charge is 0.235 e. The van der Waals surface area contributed by atoms with Gasteiger partial charge >= 0.3 is 0 Å². The third-order valence-corrected chi connectivity index (χ3v) is 4.77. The van der Waals surface area contributed by atoms with Crippen LogP contribution in [0.2, 0.25) is 0 Å². The Bertz CT molecular complexity index is 807. The lowest BCUT2D eigenvalue weighted by molar-refractivity contribution is -0.127. The highest BCUT2D eigenvalue weighted by molar-refractivity contribution is 5.83. The largest absolute Gasteiger partial charge is 0.368 e. The summed E-state index contributed by atoms with van der Waals surface area (Å²) < 4.78 is 13.0. The number of carbonyl (C=O) groups is 2. The zero-order valence-electron chi connectivity index (χ0n) is 14.6. The fourth-order valence-corrected chi connectivity index (χ4v) is 3.33. The van der Waals surface area contributed by atoms with Crippen LogP contribution in [0.25, 0.3) is 0 Å². The highest BCUT2D eigenvalue weighted by atomic mass is 19.1. The minimum atomic E-state index is -0.503. The molecule has 1 heterocycles. The molecule has 26 heavy (non-hydrogen) atoms. The number of rotatable bonds is 5. The number of amides is 2. The van der Waals surface area contributed by atoms with Gasteiger partial charge in [0.15, 0.2) is 0 Å². The van der Waals surface area contributed by atoms with Gasteiger partial charge in [0.2, 0.25) is 11.8 Å². The molecule has 1 aliphatic heterocycles. The van der Waals surface area contributed by atoms with Gasteiger partial charge in [0, 0.05) is 6.54 Å². The Kier molecular flexibility index (Phi) is 5.32. The second kappa shape index (κ2) is 7.66. The van der Waals surface area contributed by atoms with Crippen molar-refractivity contribution in [2.24, 2.45) is 5.73 Å². The fourth-order valence-electron chi connectivity index (χ4n) is 3.33. The first-order chi connectivity index (χ1) is 12.4. The molecule has 0 saturated heterocycles. The molecule has 0 radical (unpaired) electrons. The molecule has 3 N–H and O–H groups in total. The van der Waals surface area contributed by atoms with E-state index in [-0.39, 0.29) is 24.3 Å². The quantitative estimate of drug-likeness (QED) is 0.860. The summed E-state index contributed by atoms with van der Waals surface area (Å²) >= 11 is 0. The van der Waals surface area contributed by atoms with Gasteiger partial charge in [-0.05, 0) is 42.2 Å². The summed E-state index contributed by atoms with van der Waals surface area (Å²) in [6.45, 7) is 2.41. The molecule has 136 valence electrons. The number of fused-ring (bicyclic) bond motifs is 1. The summed E-state index contributed by atoms with van der Waals surface area (Å²) in [5.41, 5.74) is 8.56. The minimum absolute atomic E-state index is 0.0769. The molecular formula is C20H22FN3O2. The van der Waals surface area contributed by atoms with Gasteiger partial charge in [0.1, 0.15) is 5.82 Å². The van der Waals surface area contributed by atoms with Crippen LogP contribution in [0.5, 0.6) is 0 Å². The number of halogens is 1. The molecule has 0 aliphatic carbocycles. The van der Waals surface area contributed by atoms with E-state index in [1.165, 1.54) is 12.1 Å². The molecule has 2 aromatic rings. The lowest BCUT2D eigenvalue weighted by atomic mass is 9.93. The molecule has 6 heteroatoms. The Morgan fingerprint density at radius 3 is 2.50 bits per heavy atom. The van der Waals surface area contributed by atoms with E-state index in [0.29, 0.717) is 13.0 Å². The first-order valence-corrected chi connectivity index (χ1v) is 8.59. The zero-order valence-corrected chi connectivity index (χ0v) is 14.6. The topological polar surface area (TPSA) is 75.4 Å². The van der Waals surface area contributed by atoms with Gasteiger partial charge in [-0.15, -0.1) is 0 Å². The van der Waals surface area contributed by atoms with Gasteiger partial charge in [-0.1, -0.05) is 36.4 Å². The molecule has 5 nitrogen and oxygen atoms in total. The van der Waals surface area contributed by atoms with Gasteiger partial charge in [0.05, 0.1) is 18.6 Å². The number of hydrogen-bond acceptors (Lipinski definition) is 3. The number of nitrogens with one attached hydrogen (secondary N) is 1. The van der Waals surface area contributed by atoms with Gasteiger partial charge in [0.25, 0.3) is 0 Å². The normalized spacial score (nSPS) is 18.0. The van der Waals surface area contributed by atoms with E-state index in [9.17, 15) is 14.0 Å². The summed E-state index contributed by atoms with van der Waals surface area (Å²) in [4.78, 5) is 26.1. The summed E-state index contributed by atoms with van der Waals surface area (Å²) in [6.07, 6.45) is 0.506. The molecule has 0 spiro atoms. The van der Waals surface area contributed by atoms with Gasteiger partial charge in [-0.2, -0.15) is 0 Å². The van der Waals surface area contributed by atoms with Crippen LogP contribution in [0.3, 0.4) is 0 Å². The van der Waals surface area contributed by atoms with Crippen LogP contribution in [0, 0.1) is 5.82 Å². The third-order valence-electron chi connectivity index (χ3n) is 4.77. The molecule has 0 bridgehead atoms. The molecule has 2 amide bonds. The van der Waals surface area contributed by atoms with Crippen LogP contribution >= 0.6 is 0 Å². The zero-order chi connectivity index (χ0) is 18.7. The number of nitrogens with two attached hydrogens (primary N) is 1. The van der Waals surface area contributed by atoms with E-state index in [1.54, 1.807) is 17.0 Å². The average molecular weight is 355 g/mol. The summed E-state index contributed by atoms with van der Waals surface area (Å²) in [5, 5.41) is 2.89. The van der Waals surface area contributed by atoms with E-state index in [1.807, 2.05) is 31.2 Å². The van der Waals surface area contributed by atoms with E-state index in [2.05, 4.69) is 5.32 Å². The Labute approximate surface area is 152 Å². The average Bonchev–Trinajstić information content (AvgIpc) is 2.61. The predicted octanol–water partition coefficient (Wildman–Crippen LogP) is 1.92. The molecule has 3 rings (SSSR count).